The van der Waals surface area contributed by atoms with Crippen molar-refractivity contribution in [3.8, 4) is 0 Å². The molecule has 2 N–H and O–H groups in total. The second-order valence-corrected chi connectivity index (χ2v) is 4.38. The van der Waals surface area contributed by atoms with E-state index in [1.807, 2.05) is 13.1 Å². The summed E-state index contributed by atoms with van der Waals surface area (Å²) in [6, 6.07) is 4.86. The molecule has 5 heteroatoms. The third-order valence-electron chi connectivity index (χ3n) is 2.54. The molecule has 0 aliphatic carbocycles. The Morgan fingerprint density at radius 1 is 1.53 bits per heavy atom. The van der Waals surface area contributed by atoms with Crippen LogP contribution in [0.3, 0.4) is 0 Å². The van der Waals surface area contributed by atoms with E-state index in [4.69, 9.17) is 17.3 Å². The fourth-order valence-electron chi connectivity index (χ4n) is 1.55. The molecule has 0 fully saturated rings. The highest BCUT2D eigenvalue weighted by atomic mass is 35.5. The number of benzene rings is 1. The Labute approximate surface area is 104 Å². The number of halogens is 2. The number of rotatable bonds is 3. The summed E-state index contributed by atoms with van der Waals surface area (Å²) in [5.41, 5.74) is 7.16. The molecule has 2 aromatic rings. The predicted octanol–water partition coefficient (Wildman–Crippen LogP) is 2.74. The first-order chi connectivity index (χ1) is 8.08. The SMILES string of the molecule is CC(N)c1cnn(Cc2cccc(Cl)c2F)c1. The van der Waals surface area contributed by atoms with E-state index in [0.717, 1.165) is 5.56 Å². The predicted molar refractivity (Wildman–Crippen MR) is 65.3 cm³/mol. The average molecular weight is 254 g/mol. The summed E-state index contributed by atoms with van der Waals surface area (Å²) in [6.07, 6.45) is 3.50. The zero-order valence-corrected chi connectivity index (χ0v) is 10.2. The molecule has 1 heterocycles. The minimum absolute atomic E-state index is 0.0760. The fourth-order valence-corrected chi connectivity index (χ4v) is 1.74. The van der Waals surface area contributed by atoms with Crippen LogP contribution in [0.1, 0.15) is 24.1 Å². The van der Waals surface area contributed by atoms with Gasteiger partial charge in [-0.15, -0.1) is 0 Å². The summed E-state index contributed by atoms with van der Waals surface area (Å²) in [5.74, 6) is -0.396. The van der Waals surface area contributed by atoms with Crippen molar-refractivity contribution in [2.75, 3.05) is 0 Å². The van der Waals surface area contributed by atoms with E-state index in [0.29, 0.717) is 12.1 Å². The van der Waals surface area contributed by atoms with Crippen molar-refractivity contribution in [2.24, 2.45) is 5.73 Å². The van der Waals surface area contributed by atoms with Gasteiger partial charge in [-0.1, -0.05) is 23.7 Å². The van der Waals surface area contributed by atoms with Gasteiger partial charge in [-0.05, 0) is 13.0 Å². The smallest absolute Gasteiger partial charge is 0.146 e. The summed E-state index contributed by atoms with van der Waals surface area (Å²) < 4.78 is 15.3. The molecule has 3 nitrogen and oxygen atoms in total. The minimum atomic E-state index is -0.396. The van der Waals surface area contributed by atoms with Gasteiger partial charge in [0.15, 0.2) is 0 Å². The Kier molecular flexibility index (Phi) is 3.45. The van der Waals surface area contributed by atoms with Crippen LogP contribution in [0.15, 0.2) is 30.6 Å². The van der Waals surface area contributed by atoms with Crippen molar-refractivity contribution in [1.82, 2.24) is 9.78 Å². The highest BCUT2D eigenvalue weighted by Crippen LogP contribution is 2.19. The lowest BCUT2D eigenvalue weighted by molar-refractivity contribution is 0.585. The lowest BCUT2D eigenvalue weighted by Gasteiger charge is -2.05. The van der Waals surface area contributed by atoms with Gasteiger partial charge in [0.25, 0.3) is 0 Å². The molecular formula is C12H13ClFN3. The van der Waals surface area contributed by atoms with E-state index in [1.54, 1.807) is 23.0 Å². The van der Waals surface area contributed by atoms with Gasteiger partial charge in [0.1, 0.15) is 5.82 Å². The maximum Gasteiger partial charge on any atom is 0.146 e. The van der Waals surface area contributed by atoms with Crippen LogP contribution in [0.5, 0.6) is 0 Å². The van der Waals surface area contributed by atoms with Crippen LogP contribution in [-0.2, 0) is 6.54 Å². The normalized spacial score (nSPS) is 12.7. The number of aromatic nitrogens is 2. The van der Waals surface area contributed by atoms with Crippen LogP contribution in [0.2, 0.25) is 5.02 Å². The molecule has 2 rings (SSSR count). The molecule has 0 aliphatic rings. The largest absolute Gasteiger partial charge is 0.324 e. The minimum Gasteiger partial charge on any atom is -0.324 e. The Morgan fingerprint density at radius 3 is 2.94 bits per heavy atom. The number of hydrogen-bond acceptors (Lipinski definition) is 2. The Morgan fingerprint density at radius 2 is 2.29 bits per heavy atom. The lowest BCUT2D eigenvalue weighted by Crippen LogP contribution is -2.05. The van der Waals surface area contributed by atoms with E-state index in [9.17, 15) is 4.39 Å². The maximum absolute atomic E-state index is 13.7. The molecule has 1 unspecified atom stereocenters. The van der Waals surface area contributed by atoms with E-state index in [1.165, 1.54) is 6.07 Å². The van der Waals surface area contributed by atoms with Gasteiger partial charge in [0.05, 0.1) is 17.8 Å². The molecule has 1 atom stereocenters. The van der Waals surface area contributed by atoms with Crippen LogP contribution in [0.4, 0.5) is 4.39 Å². The van der Waals surface area contributed by atoms with Crippen LogP contribution < -0.4 is 5.73 Å². The summed E-state index contributed by atoms with van der Waals surface area (Å²) in [5, 5.41) is 4.26. The second-order valence-electron chi connectivity index (χ2n) is 3.97. The van der Waals surface area contributed by atoms with Gasteiger partial charge in [-0.3, -0.25) is 4.68 Å². The average Bonchev–Trinajstić information content (AvgIpc) is 2.73. The summed E-state index contributed by atoms with van der Waals surface area (Å²) in [6.45, 7) is 2.22. The molecular weight excluding hydrogens is 241 g/mol. The molecule has 0 aliphatic heterocycles. The summed E-state index contributed by atoms with van der Waals surface area (Å²) in [4.78, 5) is 0. The van der Waals surface area contributed by atoms with Gasteiger partial charge in [0.2, 0.25) is 0 Å². The highest BCUT2D eigenvalue weighted by molar-refractivity contribution is 6.30. The third kappa shape index (κ3) is 2.65. The van der Waals surface area contributed by atoms with E-state index < -0.39 is 5.82 Å². The standard InChI is InChI=1S/C12H13ClFN3/c1-8(15)10-5-16-17(7-10)6-9-3-2-4-11(13)12(9)14/h2-5,7-8H,6,15H2,1H3. The van der Waals surface area contributed by atoms with E-state index in [2.05, 4.69) is 5.10 Å². The molecule has 0 bridgehead atoms. The van der Waals surface area contributed by atoms with Crippen LogP contribution in [0, 0.1) is 5.82 Å². The zero-order valence-electron chi connectivity index (χ0n) is 9.40. The molecule has 0 radical (unpaired) electrons. The first-order valence-corrected chi connectivity index (χ1v) is 5.66. The first kappa shape index (κ1) is 12.1. The Balaban J connectivity index is 2.22. The van der Waals surface area contributed by atoms with E-state index >= 15 is 0 Å². The molecule has 90 valence electrons. The molecule has 0 saturated carbocycles. The first-order valence-electron chi connectivity index (χ1n) is 5.28. The quantitative estimate of drug-likeness (QED) is 0.914. The van der Waals surface area contributed by atoms with Crippen LogP contribution in [0.25, 0.3) is 0 Å². The molecule has 0 amide bonds. The lowest BCUT2D eigenvalue weighted by atomic mass is 10.2. The van der Waals surface area contributed by atoms with Gasteiger partial charge >= 0.3 is 0 Å². The van der Waals surface area contributed by atoms with Crippen LogP contribution >= 0.6 is 11.6 Å². The maximum atomic E-state index is 13.7. The Bertz CT molecular complexity index is 522. The molecule has 1 aromatic carbocycles. The molecule has 0 saturated heterocycles. The molecule has 1 aromatic heterocycles. The number of hydrogen-bond donors (Lipinski definition) is 1. The molecule has 17 heavy (non-hydrogen) atoms. The topological polar surface area (TPSA) is 43.8 Å². The monoisotopic (exact) mass is 253 g/mol. The van der Waals surface area contributed by atoms with Crippen LogP contribution in [-0.4, -0.2) is 9.78 Å². The van der Waals surface area contributed by atoms with Crippen molar-refractivity contribution in [2.45, 2.75) is 19.5 Å². The Hall–Kier alpha value is -1.39. The van der Waals surface area contributed by atoms with Crippen molar-refractivity contribution >= 4 is 11.6 Å². The fraction of sp³-hybridized carbons (Fsp3) is 0.250. The highest BCUT2D eigenvalue weighted by Gasteiger charge is 2.08. The van der Waals surface area contributed by atoms with Crippen molar-refractivity contribution in [3.05, 3.63) is 52.6 Å². The summed E-state index contributed by atoms with van der Waals surface area (Å²) >= 11 is 5.71. The van der Waals surface area contributed by atoms with Crippen molar-refractivity contribution < 1.29 is 4.39 Å². The van der Waals surface area contributed by atoms with E-state index in [-0.39, 0.29) is 11.1 Å². The number of nitrogens with zero attached hydrogens (tertiary/aromatic N) is 2. The van der Waals surface area contributed by atoms with Crippen molar-refractivity contribution in [3.63, 3.8) is 0 Å². The second kappa shape index (κ2) is 4.85. The molecule has 0 spiro atoms. The van der Waals surface area contributed by atoms with Gasteiger partial charge < -0.3 is 5.73 Å². The van der Waals surface area contributed by atoms with Gasteiger partial charge in [-0.25, -0.2) is 4.39 Å². The van der Waals surface area contributed by atoms with Gasteiger partial charge in [-0.2, -0.15) is 5.10 Å². The third-order valence-corrected chi connectivity index (χ3v) is 2.83. The zero-order chi connectivity index (χ0) is 12.4. The van der Waals surface area contributed by atoms with Gasteiger partial charge in [0, 0.05) is 23.4 Å². The number of nitrogens with two attached hydrogens (primary N) is 1. The van der Waals surface area contributed by atoms with Crippen molar-refractivity contribution in [1.29, 1.82) is 0 Å². The summed E-state index contributed by atoms with van der Waals surface area (Å²) in [7, 11) is 0.